The van der Waals surface area contributed by atoms with E-state index < -0.39 is 0 Å². The summed E-state index contributed by atoms with van der Waals surface area (Å²) < 4.78 is 10.7. The van der Waals surface area contributed by atoms with Crippen LogP contribution in [-0.4, -0.2) is 11.7 Å². The minimum atomic E-state index is 0.431. The zero-order valence-corrected chi connectivity index (χ0v) is 12.3. The molecule has 0 aliphatic rings. The summed E-state index contributed by atoms with van der Waals surface area (Å²) in [6.45, 7) is 8.58. The van der Waals surface area contributed by atoms with Gasteiger partial charge in [-0.2, -0.15) is 0 Å². The summed E-state index contributed by atoms with van der Waals surface area (Å²) in [6.07, 6.45) is 0. The van der Waals surface area contributed by atoms with Crippen LogP contribution in [0.25, 0.3) is 0 Å². The molecule has 1 aromatic carbocycles. The fourth-order valence-corrected chi connectivity index (χ4v) is 1.89. The van der Waals surface area contributed by atoms with E-state index >= 15 is 0 Å². The van der Waals surface area contributed by atoms with Crippen LogP contribution in [0.1, 0.15) is 30.9 Å². The monoisotopic (exact) mass is 274 g/mol. The lowest BCUT2D eigenvalue weighted by molar-refractivity contribution is 0.287. The average molecular weight is 274 g/mol. The van der Waals surface area contributed by atoms with Gasteiger partial charge in [-0.05, 0) is 37.1 Å². The second kappa shape index (κ2) is 7.10. The van der Waals surface area contributed by atoms with Gasteiger partial charge in [0.1, 0.15) is 23.8 Å². The van der Waals surface area contributed by atoms with Crippen molar-refractivity contribution in [3.63, 3.8) is 0 Å². The first-order valence-electron chi connectivity index (χ1n) is 6.98. The number of hydrogen-bond donors (Lipinski definition) is 1. The summed E-state index contributed by atoms with van der Waals surface area (Å²) in [6, 6.07) is 10.0. The van der Waals surface area contributed by atoms with Crippen molar-refractivity contribution in [1.29, 1.82) is 0 Å². The summed E-state index contributed by atoms with van der Waals surface area (Å²) >= 11 is 0. The molecule has 0 aliphatic heterocycles. The molecule has 0 amide bonds. The van der Waals surface area contributed by atoms with Gasteiger partial charge in [0.15, 0.2) is 0 Å². The molecule has 2 aromatic rings. The Balaban J connectivity index is 1.85. The molecule has 2 rings (SSSR count). The van der Waals surface area contributed by atoms with E-state index in [0.29, 0.717) is 12.5 Å². The Morgan fingerprint density at radius 3 is 2.85 bits per heavy atom. The second-order valence-electron chi connectivity index (χ2n) is 5.39. The maximum atomic E-state index is 5.72. The summed E-state index contributed by atoms with van der Waals surface area (Å²) in [5.41, 5.74) is 2.03. The lowest BCUT2D eigenvalue weighted by atomic mass is 10.2. The Hall–Kier alpha value is -1.81. The molecule has 1 aromatic heterocycles. The highest BCUT2D eigenvalue weighted by molar-refractivity contribution is 5.28. The molecule has 0 aliphatic carbocycles. The third kappa shape index (κ3) is 4.70. The van der Waals surface area contributed by atoms with E-state index in [1.807, 2.05) is 25.1 Å². The molecule has 0 spiro atoms. The Morgan fingerprint density at radius 2 is 2.15 bits per heavy atom. The fraction of sp³-hybridized carbons (Fsp3) is 0.438. The van der Waals surface area contributed by atoms with Crippen molar-refractivity contribution >= 4 is 0 Å². The molecule has 4 heteroatoms. The Labute approximate surface area is 120 Å². The number of rotatable bonds is 7. The summed E-state index contributed by atoms with van der Waals surface area (Å²) in [4.78, 5) is 0. The Kier molecular flexibility index (Phi) is 5.18. The molecule has 4 nitrogen and oxygen atoms in total. The number of aryl methyl sites for hydroxylation is 1. The first-order valence-corrected chi connectivity index (χ1v) is 6.98. The summed E-state index contributed by atoms with van der Waals surface area (Å²) in [5, 5.41) is 7.33. The summed E-state index contributed by atoms with van der Waals surface area (Å²) in [5.74, 6) is 2.31. The molecule has 20 heavy (non-hydrogen) atoms. The van der Waals surface area contributed by atoms with E-state index in [4.69, 9.17) is 9.26 Å². The number of nitrogens with one attached hydrogen (secondary N) is 1. The number of benzene rings is 1. The predicted molar refractivity (Wildman–Crippen MR) is 78.6 cm³/mol. The standard InChI is InChI=1S/C16H22N2O2/c1-12(2)9-17-10-14-5-4-6-16(8-14)19-11-15-7-13(3)20-18-15/h4-8,12,17H,9-11H2,1-3H3. The van der Waals surface area contributed by atoms with Crippen LogP contribution in [0.15, 0.2) is 34.9 Å². The first-order chi connectivity index (χ1) is 9.63. The highest BCUT2D eigenvalue weighted by atomic mass is 16.5. The molecule has 1 heterocycles. The van der Waals surface area contributed by atoms with Crippen molar-refractivity contribution in [2.24, 2.45) is 5.92 Å². The van der Waals surface area contributed by atoms with E-state index in [1.165, 1.54) is 5.56 Å². The third-order valence-corrected chi connectivity index (χ3v) is 2.84. The van der Waals surface area contributed by atoms with Gasteiger partial charge in [-0.1, -0.05) is 31.1 Å². The zero-order chi connectivity index (χ0) is 14.4. The van der Waals surface area contributed by atoms with Crippen LogP contribution in [0.4, 0.5) is 0 Å². The minimum Gasteiger partial charge on any atom is -0.487 e. The lowest BCUT2D eigenvalue weighted by Gasteiger charge is -2.09. The highest BCUT2D eigenvalue weighted by Crippen LogP contribution is 2.15. The van der Waals surface area contributed by atoms with Crippen LogP contribution in [0.3, 0.4) is 0 Å². The van der Waals surface area contributed by atoms with Gasteiger partial charge in [0.25, 0.3) is 0 Å². The Morgan fingerprint density at radius 1 is 1.30 bits per heavy atom. The van der Waals surface area contributed by atoms with Gasteiger partial charge in [-0.25, -0.2) is 0 Å². The number of aromatic nitrogens is 1. The zero-order valence-electron chi connectivity index (χ0n) is 12.3. The van der Waals surface area contributed by atoms with Gasteiger partial charge in [0.05, 0.1) is 0 Å². The Bertz CT molecular complexity index is 535. The molecule has 0 saturated heterocycles. The van der Waals surface area contributed by atoms with Crippen LogP contribution in [0.5, 0.6) is 5.75 Å². The number of hydrogen-bond acceptors (Lipinski definition) is 4. The van der Waals surface area contributed by atoms with Crippen molar-refractivity contribution in [3.05, 3.63) is 47.3 Å². The van der Waals surface area contributed by atoms with Crippen molar-refractivity contribution in [3.8, 4) is 5.75 Å². The van der Waals surface area contributed by atoms with Gasteiger partial charge in [0.2, 0.25) is 0 Å². The van der Waals surface area contributed by atoms with Gasteiger partial charge in [-0.3, -0.25) is 0 Å². The van der Waals surface area contributed by atoms with E-state index in [0.717, 1.165) is 30.3 Å². The van der Waals surface area contributed by atoms with Crippen molar-refractivity contribution < 1.29 is 9.26 Å². The van der Waals surface area contributed by atoms with Crippen molar-refractivity contribution in [2.75, 3.05) is 6.54 Å². The topological polar surface area (TPSA) is 47.3 Å². The van der Waals surface area contributed by atoms with E-state index in [1.54, 1.807) is 0 Å². The number of ether oxygens (including phenoxy) is 1. The maximum Gasteiger partial charge on any atom is 0.134 e. The first kappa shape index (κ1) is 14.6. The van der Waals surface area contributed by atoms with Crippen LogP contribution in [0, 0.1) is 12.8 Å². The largest absolute Gasteiger partial charge is 0.487 e. The van der Waals surface area contributed by atoms with Gasteiger partial charge >= 0.3 is 0 Å². The fourth-order valence-electron chi connectivity index (χ4n) is 1.89. The van der Waals surface area contributed by atoms with E-state index in [-0.39, 0.29) is 0 Å². The number of nitrogens with zero attached hydrogens (tertiary/aromatic N) is 1. The molecule has 0 bridgehead atoms. The lowest BCUT2D eigenvalue weighted by Crippen LogP contribution is -2.18. The van der Waals surface area contributed by atoms with Gasteiger partial charge in [0, 0.05) is 12.6 Å². The molecule has 1 N–H and O–H groups in total. The molecule has 108 valence electrons. The molecule has 0 radical (unpaired) electrons. The van der Waals surface area contributed by atoms with Gasteiger partial charge < -0.3 is 14.6 Å². The highest BCUT2D eigenvalue weighted by Gasteiger charge is 2.02. The predicted octanol–water partition coefficient (Wildman–Crippen LogP) is 3.31. The molecule has 0 fully saturated rings. The molecule has 0 unspecified atom stereocenters. The van der Waals surface area contributed by atoms with E-state index in [2.05, 4.69) is 36.5 Å². The van der Waals surface area contributed by atoms with Crippen LogP contribution >= 0.6 is 0 Å². The quantitative estimate of drug-likeness (QED) is 0.841. The van der Waals surface area contributed by atoms with Crippen molar-refractivity contribution in [2.45, 2.75) is 33.9 Å². The normalized spacial score (nSPS) is 11.0. The van der Waals surface area contributed by atoms with Crippen LogP contribution in [0.2, 0.25) is 0 Å². The van der Waals surface area contributed by atoms with Crippen LogP contribution in [-0.2, 0) is 13.2 Å². The smallest absolute Gasteiger partial charge is 0.134 e. The van der Waals surface area contributed by atoms with Crippen LogP contribution < -0.4 is 10.1 Å². The molecule has 0 saturated carbocycles. The third-order valence-electron chi connectivity index (χ3n) is 2.84. The van der Waals surface area contributed by atoms with Crippen molar-refractivity contribution in [1.82, 2.24) is 10.5 Å². The maximum absolute atomic E-state index is 5.72. The molecular weight excluding hydrogens is 252 g/mol. The SMILES string of the molecule is Cc1cc(COc2cccc(CNCC(C)C)c2)no1. The second-order valence-corrected chi connectivity index (χ2v) is 5.39. The summed E-state index contributed by atoms with van der Waals surface area (Å²) in [7, 11) is 0. The average Bonchev–Trinajstić information content (AvgIpc) is 2.82. The minimum absolute atomic E-state index is 0.431. The van der Waals surface area contributed by atoms with E-state index in [9.17, 15) is 0 Å². The molecular formula is C16H22N2O2. The molecule has 0 atom stereocenters. The van der Waals surface area contributed by atoms with Gasteiger partial charge in [-0.15, -0.1) is 0 Å².